The van der Waals surface area contributed by atoms with E-state index in [1.165, 1.54) is 48.9 Å². The van der Waals surface area contributed by atoms with Gasteiger partial charge in [0.1, 0.15) is 0 Å². The van der Waals surface area contributed by atoms with Crippen molar-refractivity contribution in [1.82, 2.24) is 4.90 Å². The number of para-hydroxylation sites is 1. The third-order valence-corrected chi connectivity index (χ3v) is 4.80. The van der Waals surface area contributed by atoms with Gasteiger partial charge >= 0.3 is 0 Å². The van der Waals surface area contributed by atoms with Crippen molar-refractivity contribution in [3.05, 3.63) is 29.3 Å². The molecular formula is C17H26N2S. The van der Waals surface area contributed by atoms with E-state index in [2.05, 4.69) is 49.3 Å². The normalized spacial score (nSPS) is 15.9. The quantitative estimate of drug-likeness (QED) is 0.824. The molecule has 1 fully saturated rings. The second-order valence-electron chi connectivity index (χ2n) is 5.80. The van der Waals surface area contributed by atoms with E-state index in [-0.39, 0.29) is 0 Å². The van der Waals surface area contributed by atoms with Gasteiger partial charge in [-0.3, -0.25) is 0 Å². The molecule has 2 rings (SSSR count). The van der Waals surface area contributed by atoms with Gasteiger partial charge in [-0.2, -0.15) is 0 Å². The van der Waals surface area contributed by atoms with Crippen LogP contribution in [0, 0.1) is 6.92 Å². The van der Waals surface area contributed by atoms with Crippen molar-refractivity contribution in [2.24, 2.45) is 0 Å². The Labute approximate surface area is 128 Å². The monoisotopic (exact) mass is 290 g/mol. The third kappa shape index (κ3) is 3.51. The van der Waals surface area contributed by atoms with Crippen LogP contribution in [-0.4, -0.2) is 23.1 Å². The Hall–Kier alpha value is -1.09. The molecule has 0 bridgehead atoms. The van der Waals surface area contributed by atoms with Gasteiger partial charge in [0.15, 0.2) is 5.11 Å². The zero-order valence-corrected chi connectivity index (χ0v) is 13.7. The first-order valence-corrected chi connectivity index (χ1v) is 8.16. The molecule has 0 saturated heterocycles. The van der Waals surface area contributed by atoms with Crippen LogP contribution in [0.5, 0.6) is 0 Å². The highest BCUT2D eigenvalue weighted by molar-refractivity contribution is 7.80. The first kappa shape index (κ1) is 15.3. The summed E-state index contributed by atoms with van der Waals surface area (Å²) in [6.45, 7) is 4.33. The topological polar surface area (TPSA) is 15.3 Å². The molecule has 1 aromatic carbocycles. The molecule has 1 aliphatic carbocycles. The SMILES string of the molecule is CCc1cccc(C)c1NC(=S)N(C)C1CCCCC1. The highest BCUT2D eigenvalue weighted by atomic mass is 32.1. The van der Waals surface area contributed by atoms with Crippen LogP contribution in [0.4, 0.5) is 5.69 Å². The summed E-state index contributed by atoms with van der Waals surface area (Å²) in [5.41, 5.74) is 3.80. The Kier molecular flexibility index (Phi) is 5.41. The molecular weight excluding hydrogens is 264 g/mol. The Morgan fingerprint density at radius 1 is 1.30 bits per heavy atom. The number of hydrogen-bond donors (Lipinski definition) is 1. The van der Waals surface area contributed by atoms with Crippen LogP contribution in [0.2, 0.25) is 0 Å². The maximum absolute atomic E-state index is 5.62. The smallest absolute Gasteiger partial charge is 0.173 e. The van der Waals surface area contributed by atoms with Crippen molar-refractivity contribution in [2.45, 2.75) is 58.4 Å². The van der Waals surface area contributed by atoms with Gasteiger partial charge in [0.05, 0.1) is 0 Å². The number of anilines is 1. The summed E-state index contributed by atoms with van der Waals surface area (Å²) >= 11 is 5.62. The maximum atomic E-state index is 5.62. The Balaban J connectivity index is 2.07. The fourth-order valence-corrected chi connectivity index (χ4v) is 3.28. The second kappa shape index (κ2) is 7.07. The molecule has 3 heteroatoms. The van der Waals surface area contributed by atoms with E-state index in [0.717, 1.165) is 11.5 Å². The van der Waals surface area contributed by atoms with Crippen LogP contribution in [-0.2, 0) is 6.42 Å². The molecule has 0 aromatic heterocycles. The predicted octanol–water partition coefficient (Wildman–Crippen LogP) is 4.52. The van der Waals surface area contributed by atoms with Gasteiger partial charge < -0.3 is 10.2 Å². The molecule has 0 aliphatic heterocycles. The van der Waals surface area contributed by atoms with E-state index in [0.29, 0.717) is 6.04 Å². The number of nitrogens with one attached hydrogen (secondary N) is 1. The van der Waals surface area contributed by atoms with Gasteiger partial charge in [0.25, 0.3) is 0 Å². The predicted molar refractivity (Wildman–Crippen MR) is 91.4 cm³/mol. The lowest BCUT2D eigenvalue weighted by Crippen LogP contribution is -2.41. The number of nitrogens with zero attached hydrogens (tertiary/aromatic N) is 1. The molecule has 110 valence electrons. The van der Waals surface area contributed by atoms with Crippen molar-refractivity contribution >= 4 is 23.0 Å². The van der Waals surface area contributed by atoms with E-state index in [1.807, 2.05) is 0 Å². The molecule has 1 aliphatic rings. The molecule has 0 heterocycles. The minimum Gasteiger partial charge on any atom is -0.349 e. The Morgan fingerprint density at radius 3 is 2.65 bits per heavy atom. The molecule has 0 radical (unpaired) electrons. The first-order chi connectivity index (χ1) is 9.63. The lowest BCUT2D eigenvalue weighted by Gasteiger charge is -2.33. The van der Waals surface area contributed by atoms with E-state index < -0.39 is 0 Å². The lowest BCUT2D eigenvalue weighted by molar-refractivity contribution is 0.281. The second-order valence-corrected chi connectivity index (χ2v) is 6.18. The summed E-state index contributed by atoms with van der Waals surface area (Å²) in [5.74, 6) is 0. The number of rotatable bonds is 3. The largest absolute Gasteiger partial charge is 0.349 e. The zero-order chi connectivity index (χ0) is 14.5. The third-order valence-electron chi connectivity index (χ3n) is 4.41. The molecule has 0 spiro atoms. The van der Waals surface area contributed by atoms with Crippen LogP contribution in [0.25, 0.3) is 0 Å². The molecule has 0 atom stereocenters. The van der Waals surface area contributed by atoms with Crippen LogP contribution in [0.15, 0.2) is 18.2 Å². The fourth-order valence-electron chi connectivity index (χ4n) is 3.03. The summed E-state index contributed by atoms with van der Waals surface area (Å²) < 4.78 is 0. The molecule has 2 nitrogen and oxygen atoms in total. The average Bonchev–Trinajstić information content (AvgIpc) is 2.49. The van der Waals surface area contributed by atoms with Gasteiger partial charge in [-0.05, 0) is 49.5 Å². The number of hydrogen-bond acceptors (Lipinski definition) is 1. The van der Waals surface area contributed by atoms with Gasteiger partial charge in [-0.15, -0.1) is 0 Å². The Bertz CT molecular complexity index is 464. The maximum Gasteiger partial charge on any atom is 0.173 e. The van der Waals surface area contributed by atoms with Gasteiger partial charge in [-0.25, -0.2) is 0 Å². The number of thiocarbonyl (C=S) groups is 1. The van der Waals surface area contributed by atoms with Crippen molar-refractivity contribution in [2.75, 3.05) is 12.4 Å². The zero-order valence-electron chi connectivity index (χ0n) is 12.9. The van der Waals surface area contributed by atoms with Gasteiger partial charge in [0.2, 0.25) is 0 Å². The van der Waals surface area contributed by atoms with Crippen molar-refractivity contribution < 1.29 is 0 Å². The highest BCUT2D eigenvalue weighted by Gasteiger charge is 2.20. The van der Waals surface area contributed by atoms with Crippen molar-refractivity contribution in [1.29, 1.82) is 0 Å². The van der Waals surface area contributed by atoms with E-state index in [1.54, 1.807) is 0 Å². The van der Waals surface area contributed by atoms with Crippen LogP contribution >= 0.6 is 12.2 Å². The molecule has 0 amide bonds. The number of benzene rings is 1. The minimum atomic E-state index is 0.609. The minimum absolute atomic E-state index is 0.609. The van der Waals surface area contributed by atoms with Crippen LogP contribution in [0.1, 0.15) is 50.2 Å². The summed E-state index contributed by atoms with van der Waals surface area (Å²) in [5, 5.41) is 4.35. The van der Waals surface area contributed by atoms with Gasteiger partial charge in [-0.1, -0.05) is 44.4 Å². The fraction of sp³-hybridized carbons (Fsp3) is 0.588. The van der Waals surface area contributed by atoms with E-state index in [4.69, 9.17) is 12.2 Å². The molecule has 1 N–H and O–H groups in total. The molecule has 20 heavy (non-hydrogen) atoms. The summed E-state index contributed by atoms with van der Waals surface area (Å²) in [6, 6.07) is 7.05. The average molecular weight is 290 g/mol. The van der Waals surface area contributed by atoms with Gasteiger partial charge in [0, 0.05) is 18.8 Å². The Morgan fingerprint density at radius 2 is 2.00 bits per heavy atom. The summed E-state index contributed by atoms with van der Waals surface area (Å²) in [6.07, 6.45) is 7.62. The summed E-state index contributed by atoms with van der Waals surface area (Å²) in [7, 11) is 2.13. The number of aryl methyl sites for hydroxylation is 2. The van der Waals surface area contributed by atoms with E-state index in [9.17, 15) is 0 Å². The molecule has 1 saturated carbocycles. The van der Waals surface area contributed by atoms with Crippen LogP contribution < -0.4 is 5.32 Å². The standard InChI is InChI=1S/C17H26N2S/c1-4-14-10-8-9-13(2)16(14)18-17(20)19(3)15-11-6-5-7-12-15/h8-10,15H,4-7,11-12H2,1-3H3,(H,18,20). The van der Waals surface area contributed by atoms with E-state index >= 15 is 0 Å². The lowest BCUT2D eigenvalue weighted by atomic mass is 9.95. The van der Waals surface area contributed by atoms with Crippen molar-refractivity contribution in [3.8, 4) is 0 Å². The van der Waals surface area contributed by atoms with Crippen molar-refractivity contribution in [3.63, 3.8) is 0 Å². The summed E-state index contributed by atoms with van der Waals surface area (Å²) in [4.78, 5) is 2.26. The molecule has 1 aromatic rings. The van der Waals surface area contributed by atoms with Crippen LogP contribution in [0.3, 0.4) is 0 Å². The highest BCUT2D eigenvalue weighted by Crippen LogP contribution is 2.24. The molecule has 0 unspecified atom stereocenters. The first-order valence-electron chi connectivity index (χ1n) is 7.75.